The highest BCUT2D eigenvalue weighted by atomic mass is 19.1. The lowest BCUT2D eigenvalue weighted by Crippen LogP contribution is -2.46. The van der Waals surface area contributed by atoms with Crippen molar-refractivity contribution in [1.29, 1.82) is 0 Å². The largest absolute Gasteiger partial charge is 0.311 e. The Morgan fingerprint density at radius 1 is 1.38 bits per heavy atom. The molecule has 6 heteroatoms. The van der Waals surface area contributed by atoms with Gasteiger partial charge in [0.1, 0.15) is 5.82 Å². The minimum absolute atomic E-state index is 0.196. The number of nitrogens with zero attached hydrogens (tertiary/aromatic N) is 2. The number of nitro benzene ring substituents is 1. The van der Waals surface area contributed by atoms with Crippen molar-refractivity contribution in [1.82, 2.24) is 10.2 Å². The molecule has 1 N–H and O–H groups in total. The summed E-state index contributed by atoms with van der Waals surface area (Å²) >= 11 is 0. The average Bonchev–Trinajstić information content (AvgIpc) is 2.79. The highest BCUT2D eigenvalue weighted by molar-refractivity contribution is 5.34. The Kier molecular flexibility index (Phi) is 3.91. The first kappa shape index (κ1) is 14.4. The van der Waals surface area contributed by atoms with E-state index in [9.17, 15) is 14.5 Å². The molecule has 3 rings (SSSR count). The highest BCUT2D eigenvalue weighted by Gasteiger charge is 2.35. The number of hydrogen-bond acceptors (Lipinski definition) is 4. The summed E-state index contributed by atoms with van der Waals surface area (Å²) in [6, 6.07) is 5.56. The third-order valence-corrected chi connectivity index (χ3v) is 4.74. The van der Waals surface area contributed by atoms with Gasteiger partial charge in [-0.2, -0.15) is 0 Å². The SMILES string of the molecule is CN(Cc1ccc([N+](=O)[O-])cc1F)C1CC2CCC(C1)N2. The van der Waals surface area contributed by atoms with E-state index in [-0.39, 0.29) is 5.69 Å². The number of hydrogen-bond donors (Lipinski definition) is 1. The Balaban J connectivity index is 1.67. The average molecular weight is 293 g/mol. The summed E-state index contributed by atoms with van der Waals surface area (Å²) in [5, 5.41) is 14.2. The first-order chi connectivity index (χ1) is 10.0. The molecule has 0 saturated carbocycles. The highest BCUT2D eigenvalue weighted by Crippen LogP contribution is 2.30. The molecule has 114 valence electrons. The Labute approximate surface area is 123 Å². The topological polar surface area (TPSA) is 58.4 Å². The van der Waals surface area contributed by atoms with Gasteiger partial charge in [0.2, 0.25) is 0 Å². The van der Waals surface area contributed by atoms with Gasteiger partial charge in [-0.25, -0.2) is 4.39 Å². The molecule has 0 amide bonds. The second-order valence-corrected chi connectivity index (χ2v) is 6.21. The van der Waals surface area contributed by atoms with E-state index in [4.69, 9.17) is 0 Å². The van der Waals surface area contributed by atoms with Gasteiger partial charge >= 0.3 is 0 Å². The molecule has 21 heavy (non-hydrogen) atoms. The fraction of sp³-hybridized carbons (Fsp3) is 0.600. The molecule has 2 bridgehead atoms. The molecule has 2 aliphatic rings. The smallest absolute Gasteiger partial charge is 0.272 e. The van der Waals surface area contributed by atoms with Crippen LogP contribution in [0, 0.1) is 15.9 Å². The van der Waals surface area contributed by atoms with E-state index in [1.165, 1.54) is 25.0 Å². The lowest BCUT2D eigenvalue weighted by Gasteiger charge is -2.35. The van der Waals surface area contributed by atoms with Gasteiger partial charge < -0.3 is 5.32 Å². The number of piperidine rings is 1. The number of fused-ring (bicyclic) bond motifs is 2. The van der Waals surface area contributed by atoms with Crippen molar-refractivity contribution in [3.05, 3.63) is 39.7 Å². The molecule has 5 nitrogen and oxygen atoms in total. The molecule has 0 spiro atoms. The fourth-order valence-electron chi connectivity index (χ4n) is 3.56. The van der Waals surface area contributed by atoms with Gasteiger partial charge in [0.05, 0.1) is 11.0 Å². The molecule has 2 atom stereocenters. The lowest BCUT2D eigenvalue weighted by molar-refractivity contribution is -0.385. The zero-order valence-corrected chi connectivity index (χ0v) is 12.1. The molecule has 1 aromatic rings. The van der Waals surface area contributed by atoms with Gasteiger partial charge in [0.15, 0.2) is 0 Å². The lowest BCUT2D eigenvalue weighted by atomic mass is 9.98. The molecule has 2 unspecified atom stereocenters. The van der Waals surface area contributed by atoms with Crippen molar-refractivity contribution in [2.75, 3.05) is 7.05 Å². The predicted molar refractivity (Wildman–Crippen MR) is 77.5 cm³/mol. The number of nitro groups is 1. The van der Waals surface area contributed by atoms with Crippen molar-refractivity contribution in [2.24, 2.45) is 0 Å². The Bertz CT molecular complexity index is 540. The van der Waals surface area contributed by atoms with E-state index in [0.717, 1.165) is 18.9 Å². The summed E-state index contributed by atoms with van der Waals surface area (Å²) < 4.78 is 14.0. The van der Waals surface area contributed by atoms with Crippen LogP contribution >= 0.6 is 0 Å². The third-order valence-electron chi connectivity index (χ3n) is 4.74. The van der Waals surface area contributed by atoms with Crippen molar-refractivity contribution in [3.63, 3.8) is 0 Å². The molecule has 0 aliphatic carbocycles. The van der Waals surface area contributed by atoms with Gasteiger partial charge in [-0.3, -0.25) is 15.0 Å². The second-order valence-electron chi connectivity index (χ2n) is 6.21. The summed E-state index contributed by atoms with van der Waals surface area (Å²) in [6.45, 7) is 0.494. The number of halogens is 1. The van der Waals surface area contributed by atoms with E-state index in [1.54, 1.807) is 0 Å². The summed E-state index contributed by atoms with van der Waals surface area (Å²) in [5.41, 5.74) is 0.327. The van der Waals surface area contributed by atoms with Crippen LogP contribution in [0.25, 0.3) is 0 Å². The summed E-state index contributed by atoms with van der Waals surface area (Å²) in [5.74, 6) is -0.493. The quantitative estimate of drug-likeness (QED) is 0.684. The van der Waals surface area contributed by atoms with Crippen LogP contribution < -0.4 is 5.32 Å². The molecule has 2 saturated heterocycles. The van der Waals surface area contributed by atoms with Crippen LogP contribution in [0.1, 0.15) is 31.2 Å². The van der Waals surface area contributed by atoms with Crippen LogP contribution in [0.4, 0.5) is 10.1 Å². The van der Waals surface area contributed by atoms with Crippen LogP contribution in [0.5, 0.6) is 0 Å². The Morgan fingerprint density at radius 3 is 2.62 bits per heavy atom. The standard InChI is InChI=1S/C15H20FN3O2/c1-18(14-6-11-3-4-12(7-14)17-11)9-10-2-5-13(19(20)21)8-15(10)16/h2,5,8,11-12,14,17H,3-4,6-7,9H2,1H3. The van der Waals surface area contributed by atoms with Crippen molar-refractivity contribution >= 4 is 5.69 Å². The first-order valence-corrected chi connectivity index (χ1v) is 7.42. The Morgan fingerprint density at radius 2 is 2.05 bits per heavy atom. The zero-order chi connectivity index (χ0) is 15.0. The fourth-order valence-corrected chi connectivity index (χ4v) is 3.56. The molecular formula is C15H20FN3O2. The van der Waals surface area contributed by atoms with E-state index >= 15 is 0 Å². The predicted octanol–water partition coefficient (Wildman–Crippen LogP) is 2.45. The molecule has 2 aliphatic heterocycles. The van der Waals surface area contributed by atoms with Crippen molar-refractivity contribution in [3.8, 4) is 0 Å². The number of nitrogens with one attached hydrogen (secondary N) is 1. The first-order valence-electron chi connectivity index (χ1n) is 7.42. The van der Waals surface area contributed by atoms with Gasteiger partial charge in [0.25, 0.3) is 5.69 Å². The zero-order valence-electron chi connectivity index (χ0n) is 12.1. The maximum Gasteiger partial charge on any atom is 0.272 e. The van der Waals surface area contributed by atoms with E-state index < -0.39 is 10.7 Å². The summed E-state index contributed by atoms with van der Waals surface area (Å²) in [6.07, 6.45) is 4.67. The van der Waals surface area contributed by atoms with Crippen LogP contribution in [0.2, 0.25) is 0 Å². The maximum atomic E-state index is 14.0. The van der Waals surface area contributed by atoms with Crippen LogP contribution in [0.15, 0.2) is 18.2 Å². The molecule has 0 radical (unpaired) electrons. The molecule has 1 aromatic carbocycles. The van der Waals surface area contributed by atoms with Crippen LogP contribution in [0.3, 0.4) is 0 Å². The summed E-state index contributed by atoms with van der Waals surface area (Å²) in [4.78, 5) is 12.2. The number of non-ortho nitro benzene ring substituents is 1. The summed E-state index contributed by atoms with van der Waals surface area (Å²) in [7, 11) is 2.01. The maximum absolute atomic E-state index is 14.0. The number of rotatable bonds is 4. The monoisotopic (exact) mass is 293 g/mol. The minimum Gasteiger partial charge on any atom is -0.311 e. The molecule has 2 fully saturated rings. The Hall–Kier alpha value is -1.53. The number of benzene rings is 1. The van der Waals surface area contributed by atoms with Crippen molar-refractivity contribution < 1.29 is 9.31 Å². The van der Waals surface area contributed by atoms with Gasteiger partial charge in [-0.1, -0.05) is 0 Å². The van der Waals surface area contributed by atoms with Gasteiger partial charge in [-0.05, 0) is 38.8 Å². The van der Waals surface area contributed by atoms with Gasteiger partial charge in [0, 0.05) is 36.3 Å². The minimum atomic E-state index is -0.568. The van der Waals surface area contributed by atoms with Crippen LogP contribution in [-0.2, 0) is 6.54 Å². The normalized spacial score (nSPS) is 28.0. The molecule has 2 heterocycles. The van der Waals surface area contributed by atoms with Crippen molar-refractivity contribution in [2.45, 2.75) is 50.4 Å². The van der Waals surface area contributed by atoms with E-state index in [2.05, 4.69) is 10.2 Å². The molecular weight excluding hydrogens is 273 g/mol. The van der Waals surface area contributed by atoms with Gasteiger partial charge in [-0.15, -0.1) is 0 Å². The van der Waals surface area contributed by atoms with Crippen LogP contribution in [-0.4, -0.2) is 35.0 Å². The second kappa shape index (κ2) is 5.69. The van der Waals surface area contributed by atoms with E-state index in [1.807, 2.05) is 7.05 Å². The van der Waals surface area contributed by atoms with E-state index in [0.29, 0.717) is 30.2 Å². The third kappa shape index (κ3) is 3.06. The molecule has 0 aromatic heterocycles.